The van der Waals surface area contributed by atoms with Crippen LogP contribution in [0.25, 0.3) is 21.8 Å². The molecule has 162 valence electrons. The lowest BCUT2D eigenvalue weighted by Gasteiger charge is -2.37. The van der Waals surface area contributed by atoms with Gasteiger partial charge in [0.05, 0.1) is 28.4 Å². The fraction of sp³-hybridized carbons (Fsp3) is 0.333. The van der Waals surface area contributed by atoms with Crippen molar-refractivity contribution < 1.29 is 22.4 Å². The highest BCUT2D eigenvalue weighted by molar-refractivity contribution is 6.19. The van der Waals surface area contributed by atoms with Crippen LogP contribution >= 0.6 is 0 Å². The van der Waals surface area contributed by atoms with Crippen LogP contribution in [0.4, 0.5) is 23.2 Å². The number of nitrogens with two attached hydrogens (primary N) is 1. The summed E-state index contributed by atoms with van der Waals surface area (Å²) in [6.45, 7) is 0.865. The van der Waals surface area contributed by atoms with Gasteiger partial charge in [0.1, 0.15) is 5.82 Å². The van der Waals surface area contributed by atoms with Crippen molar-refractivity contribution in [3.63, 3.8) is 0 Å². The predicted molar refractivity (Wildman–Crippen MR) is 108 cm³/mol. The van der Waals surface area contributed by atoms with Gasteiger partial charge in [0.25, 0.3) is 5.91 Å². The van der Waals surface area contributed by atoms with E-state index in [4.69, 9.17) is 5.73 Å². The van der Waals surface area contributed by atoms with E-state index in [1.54, 1.807) is 11.9 Å². The van der Waals surface area contributed by atoms with E-state index in [1.165, 1.54) is 11.0 Å². The number of rotatable bonds is 3. The van der Waals surface area contributed by atoms with Crippen LogP contribution in [-0.4, -0.2) is 42.0 Å². The maximum absolute atomic E-state index is 15.3. The zero-order valence-corrected chi connectivity index (χ0v) is 16.6. The summed E-state index contributed by atoms with van der Waals surface area (Å²) >= 11 is 0. The minimum absolute atomic E-state index is 0.127. The first-order valence-corrected chi connectivity index (χ1v) is 9.64. The number of nitriles is 1. The molecule has 1 aliphatic heterocycles. The molecule has 0 aliphatic carbocycles. The summed E-state index contributed by atoms with van der Waals surface area (Å²) < 4.78 is 54.8. The number of carbonyl (C=O) groups is 1. The molecule has 0 saturated carbocycles. The number of halogens is 4. The molecule has 0 spiro atoms. The normalized spacial score (nSPS) is 17.2. The van der Waals surface area contributed by atoms with Gasteiger partial charge in [0, 0.05) is 36.4 Å². The van der Waals surface area contributed by atoms with Gasteiger partial charge in [-0.2, -0.15) is 18.4 Å². The number of hydrogen-bond acceptors (Lipinski definition) is 4. The molecule has 1 amide bonds. The number of carbonyl (C=O) groups excluding carboxylic acids is 1. The third kappa shape index (κ3) is 3.50. The highest BCUT2D eigenvalue weighted by Gasteiger charge is 2.32. The highest BCUT2D eigenvalue weighted by Crippen LogP contribution is 2.41. The van der Waals surface area contributed by atoms with E-state index in [0.717, 1.165) is 24.6 Å². The van der Waals surface area contributed by atoms with E-state index >= 15 is 4.39 Å². The maximum atomic E-state index is 15.3. The van der Waals surface area contributed by atoms with Gasteiger partial charge < -0.3 is 20.5 Å². The van der Waals surface area contributed by atoms with Crippen LogP contribution in [0.1, 0.15) is 28.8 Å². The molecule has 0 bridgehead atoms. The average Bonchev–Trinajstić information content (AvgIpc) is 3.10. The van der Waals surface area contributed by atoms with Crippen LogP contribution in [0.3, 0.4) is 0 Å². The number of alkyl halides is 3. The van der Waals surface area contributed by atoms with Gasteiger partial charge in [-0.05, 0) is 31.0 Å². The number of anilines is 1. The largest absolute Gasteiger partial charge is 0.416 e. The summed E-state index contributed by atoms with van der Waals surface area (Å²) in [5, 5.41) is 9.86. The number of nitrogens with one attached hydrogen (secondary N) is 1. The Hall–Kier alpha value is -3.48. The Bertz CT molecular complexity index is 1230. The molecular weight excluding hydrogens is 414 g/mol. The molecule has 1 aromatic heterocycles. The number of H-pyrrole nitrogens is 1. The van der Waals surface area contributed by atoms with E-state index < -0.39 is 23.5 Å². The van der Waals surface area contributed by atoms with E-state index in [-0.39, 0.29) is 28.3 Å². The minimum atomic E-state index is -4.55. The third-order valence-corrected chi connectivity index (χ3v) is 5.81. The Labute approximate surface area is 174 Å². The van der Waals surface area contributed by atoms with E-state index in [9.17, 15) is 23.2 Å². The number of piperidine rings is 1. The minimum Gasteiger partial charge on any atom is -0.367 e. The molecule has 2 heterocycles. The molecule has 1 fully saturated rings. The van der Waals surface area contributed by atoms with Gasteiger partial charge in [-0.1, -0.05) is 6.07 Å². The van der Waals surface area contributed by atoms with Crippen LogP contribution < -0.4 is 10.6 Å². The summed E-state index contributed by atoms with van der Waals surface area (Å²) in [6, 6.07) is 4.01. The molecule has 2 aromatic carbocycles. The Morgan fingerprint density at radius 1 is 1.35 bits per heavy atom. The van der Waals surface area contributed by atoms with Crippen molar-refractivity contribution in [2.45, 2.75) is 25.1 Å². The smallest absolute Gasteiger partial charge is 0.367 e. The molecule has 0 unspecified atom stereocenters. The molecule has 4 rings (SSSR count). The number of fused-ring (bicyclic) bond motifs is 3. The van der Waals surface area contributed by atoms with Gasteiger partial charge in [-0.15, -0.1) is 0 Å². The highest BCUT2D eigenvalue weighted by atomic mass is 19.4. The fourth-order valence-corrected chi connectivity index (χ4v) is 4.27. The second-order valence-corrected chi connectivity index (χ2v) is 7.70. The molecule has 1 aliphatic rings. The van der Waals surface area contributed by atoms with E-state index in [2.05, 4.69) is 11.2 Å². The fourth-order valence-electron chi connectivity index (χ4n) is 4.27. The van der Waals surface area contributed by atoms with Crippen LogP contribution in [0.15, 0.2) is 24.3 Å². The standard InChI is InChI=1S/C21H19F4N5O/c1-29(10-26)12-3-2-6-30(9-12)19-15(22)8-14(20(27)31)18-17(19)13-5-4-11(21(23,24)25)7-16(13)28-18/h4-5,7-8,12,28H,2-3,6,9H2,1H3,(H2,27,31)/t12-/m0/s1. The summed E-state index contributed by atoms with van der Waals surface area (Å²) in [6.07, 6.45) is -1.02. The Morgan fingerprint density at radius 2 is 2.10 bits per heavy atom. The Balaban J connectivity index is 1.97. The molecule has 1 saturated heterocycles. The lowest BCUT2D eigenvalue weighted by molar-refractivity contribution is -0.137. The second-order valence-electron chi connectivity index (χ2n) is 7.70. The number of nitrogens with zero attached hydrogens (tertiary/aromatic N) is 3. The Morgan fingerprint density at radius 3 is 2.74 bits per heavy atom. The van der Waals surface area contributed by atoms with Gasteiger partial charge >= 0.3 is 6.18 Å². The van der Waals surface area contributed by atoms with Gasteiger partial charge in [-0.25, -0.2) is 4.39 Å². The average molecular weight is 433 g/mol. The number of hydrogen-bond donors (Lipinski definition) is 2. The van der Waals surface area contributed by atoms with Crippen molar-refractivity contribution in [2.75, 3.05) is 25.0 Å². The first kappa shape index (κ1) is 20.8. The number of benzene rings is 2. The van der Waals surface area contributed by atoms with E-state index in [0.29, 0.717) is 30.3 Å². The number of amides is 1. The monoisotopic (exact) mass is 433 g/mol. The molecule has 1 atom stereocenters. The van der Waals surface area contributed by atoms with Crippen LogP contribution in [-0.2, 0) is 6.18 Å². The van der Waals surface area contributed by atoms with Crippen molar-refractivity contribution in [3.8, 4) is 6.19 Å². The molecule has 10 heteroatoms. The number of aromatic nitrogens is 1. The molecular formula is C21H19F4N5O. The van der Waals surface area contributed by atoms with Crippen LogP contribution in [0, 0.1) is 17.3 Å². The van der Waals surface area contributed by atoms with Crippen molar-refractivity contribution in [1.82, 2.24) is 9.88 Å². The lowest BCUT2D eigenvalue weighted by atomic mass is 10.00. The van der Waals surface area contributed by atoms with Crippen molar-refractivity contribution in [2.24, 2.45) is 5.73 Å². The maximum Gasteiger partial charge on any atom is 0.416 e. The molecule has 31 heavy (non-hydrogen) atoms. The Kier molecular flexibility index (Phi) is 4.92. The molecule has 3 N–H and O–H groups in total. The number of primary amides is 1. The second kappa shape index (κ2) is 7.34. The summed E-state index contributed by atoms with van der Waals surface area (Å²) in [5.74, 6) is -1.58. The predicted octanol–water partition coefficient (Wildman–Crippen LogP) is 3.96. The van der Waals surface area contributed by atoms with Gasteiger partial charge in [0.2, 0.25) is 0 Å². The molecule has 3 aromatic rings. The number of aromatic amines is 1. The quantitative estimate of drug-likeness (QED) is 0.372. The third-order valence-electron chi connectivity index (χ3n) is 5.81. The van der Waals surface area contributed by atoms with Crippen LogP contribution in [0.5, 0.6) is 0 Å². The zero-order chi connectivity index (χ0) is 22.5. The van der Waals surface area contributed by atoms with Crippen molar-refractivity contribution in [3.05, 3.63) is 41.2 Å². The lowest BCUT2D eigenvalue weighted by Crippen LogP contribution is -2.45. The summed E-state index contributed by atoms with van der Waals surface area (Å²) in [5.41, 5.74) is 4.92. The first-order valence-electron chi connectivity index (χ1n) is 9.64. The SMILES string of the molecule is CN(C#N)[C@H]1CCCN(c2c(F)cc(C(N)=O)c3[nH]c4cc(C(F)(F)F)ccc4c23)C1. The van der Waals surface area contributed by atoms with Crippen molar-refractivity contribution in [1.29, 1.82) is 5.26 Å². The topological polar surface area (TPSA) is 89.2 Å². The summed E-state index contributed by atoms with van der Waals surface area (Å²) in [4.78, 5) is 18.0. The number of likely N-dealkylation sites (N-methyl/N-ethyl adjacent to an activating group) is 1. The summed E-state index contributed by atoms with van der Waals surface area (Å²) in [7, 11) is 1.65. The molecule has 6 nitrogen and oxygen atoms in total. The van der Waals surface area contributed by atoms with E-state index in [1.807, 2.05) is 0 Å². The first-order chi connectivity index (χ1) is 14.6. The van der Waals surface area contributed by atoms with Crippen molar-refractivity contribution >= 4 is 33.4 Å². The molecule has 0 radical (unpaired) electrons. The van der Waals surface area contributed by atoms with Crippen LogP contribution in [0.2, 0.25) is 0 Å². The van der Waals surface area contributed by atoms with Gasteiger partial charge in [-0.3, -0.25) is 4.79 Å². The zero-order valence-electron chi connectivity index (χ0n) is 16.6. The van der Waals surface area contributed by atoms with Gasteiger partial charge in [0.15, 0.2) is 6.19 Å².